The molecule has 2 fully saturated rings. The summed E-state index contributed by atoms with van der Waals surface area (Å²) in [5.74, 6) is -2.31. The highest BCUT2D eigenvalue weighted by Gasteiger charge is 2.66. The summed E-state index contributed by atoms with van der Waals surface area (Å²) >= 11 is 0. The number of carbonyl (C=O) groups excluding carboxylic acids is 3. The van der Waals surface area contributed by atoms with Crippen molar-refractivity contribution in [1.82, 2.24) is 9.80 Å². The molecule has 3 heterocycles. The highest BCUT2D eigenvalue weighted by molar-refractivity contribution is 6.50. The molecule has 5 rings (SSSR count). The fourth-order valence-corrected chi connectivity index (χ4v) is 5.42. The van der Waals surface area contributed by atoms with Gasteiger partial charge in [-0.15, -0.1) is 0 Å². The lowest BCUT2D eigenvalue weighted by Crippen LogP contribution is -2.54. The Labute approximate surface area is 204 Å². The van der Waals surface area contributed by atoms with Crippen molar-refractivity contribution in [2.45, 2.75) is 18.9 Å². The third-order valence-corrected chi connectivity index (χ3v) is 7.05. The number of aliphatic hydroxyl groups excluding tert-OH is 1. The summed E-state index contributed by atoms with van der Waals surface area (Å²) in [6.07, 6.45) is 0.704. The number of hydrogen-bond acceptors (Lipinski definition) is 6. The first-order chi connectivity index (χ1) is 17.0. The van der Waals surface area contributed by atoms with Crippen molar-refractivity contribution >= 4 is 29.0 Å². The van der Waals surface area contributed by atoms with E-state index in [1.165, 1.54) is 4.90 Å². The fraction of sp³-hybridized carbons (Fsp3) is 0.370. The average Bonchev–Trinajstić information content (AvgIpc) is 3.27. The van der Waals surface area contributed by atoms with Gasteiger partial charge >= 0.3 is 0 Å². The maximum absolute atomic E-state index is 14.3. The molecule has 8 heteroatoms. The van der Waals surface area contributed by atoms with Crippen LogP contribution in [0, 0.1) is 0 Å². The molecule has 0 saturated carbocycles. The van der Waals surface area contributed by atoms with E-state index in [9.17, 15) is 19.5 Å². The van der Waals surface area contributed by atoms with Gasteiger partial charge in [-0.2, -0.15) is 0 Å². The minimum absolute atomic E-state index is 0.160. The van der Waals surface area contributed by atoms with Gasteiger partial charge in [0.05, 0.1) is 24.5 Å². The number of benzene rings is 2. The van der Waals surface area contributed by atoms with Crippen molar-refractivity contribution in [2.24, 2.45) is 0 Å². The van der Waals surface area contributed by atoms with Crippen molar-refractivity contribution < 1.29 is 24.2 Å². The molecule has 0 bridgehead atoms. The molecule has 3 aliphatic rings. The van der Waals surface area contributed by atoms with Crippen LogP contribution in [0.3, 0.4) is 0 Å². The van der Waals surface area contributed by atoms with Crippen molar-refractivity contribution in [3.05, 3.63) is 71.3 Å². The van der Waals surface area contributed by atoms with E-state index >= 15 is 0 Å². The van der Waals surface area contributed by atoms with Crippen molar-refractivity contribution in [3.63, 3.8) is 0 Å². The SMILES string of the molecule is CCCN1C(=O)[C@]2(C(=C(O)c3ccccc3)C(=O)C(=O)N2CCN2CCOCC2)c2ccccc21. The lowest BCUT2D eigenvalue weighted by Gasteiger charge is -2.36. The summed E-state index contributed by atoms with van der Waals surface area (Å²) in [5, 5.41) is 11.4. The quantitative estimate of drug-likeness (QED) is 0.392. The number of anilines is 1. The molecule has 0 aliphatic carbocycles. The monoisotopic (exact) mass is 475 g/mol. The fourth-order valence-electron chi connectivity index (χ4n) is 5.42. The van der Waals surface area contributed by atoms with Crippen LogP contribution in [0.4, 0.5) is 5.69 Å². The number of nitrogens with zero attached hydrogens (tertiary/aromatic N) is 3. The second kappa shape index (κ2) is 9.28. The third kappa shape index (κ3) is 3.56. The lowest BCUT2D eigenvalue weighted by atomic mass is 9.82. The van der Waals surface area contributed by atoms with Gasteiger partial charge in [0.2, 0.25) is 0 Å². The zero-order valence-electron chi connectivity index (χ0n) is 19.8. The van der Waals surface area contributed by atoms with E-state index in [2.05, 4.69) is 4.90 Å². The predicted octanol–water partition coefficient (Wildman–Crippen LogP) is 2.35. The number of fused-ring (bicyclic) bond motifs is 2. The van der Waals surface area contributed by atoms with Crippen LogP contribution in [0.5, 0.6) is 0 Å². The van der Waals surface area contributed by atoms with Crippen LogP contribution in [0.15, 0.2) is 60.2 Å². The summed E-state index contributed by atoms with van der Waals surface area (Å²) in [6.45, 7) is 5.72. The molecular formula is C27H29N3O5. The molecule has 2 saturated heterocycles. The van der Waals surface area contributed by atoms with Crippen LogP contribution in [0.25, 0.3) is 5.76 Å². The number of ketones is 1. The molecule has 2 aromatic rings. The van der Waals surface area contributed by atoms with Gasteiger partial charge in [0.15, 0.2) is 5.54 Å². The van der Waals surface area contributed by atoms with Crippen molar-refractivity contribution in [2.75, 3.05) is 50.8 Å². The number of hydrogen-bond donors (Lipinski definition) is 1. The Kier molecular flexibility index (Phi) is 6.17. The number of aliphatic hydroxyl groups is 1. The van der Waals surface area contributed by atoms with Crippen LogP contribution in [0.1, 0.15) is 24.5 Å². The van der Waals surface area contributed by atoms with E-state index in [0.717, 1.165) is 0 Å². The van der Waals surface area contributed by atoms with E-state index in [-0.39, 0.29) is 23.8 Å². The first-order valence-electron chi connectivity index (χ1n) is 12.1. The van der Waals surface area contributed by atoms with Gasteiger partial charge in [-0.25, -0.2) is 0 Å². The van der Waals surface area contributed by atoms with Gasteiger partial charge in [0.25, 0.3) is 17.6 Å². The first kappa shape index (κ1) is 23.3. The summed E-state index contributed by atoms with van der Waals surface area (Å²) in [5.41, 5.74) is -0.260. The first-order valence-corrected chi connectivity index (χ1v) is 12.1. The zero-order valence-corrected chi connectivity index (χ0v) is 19.8. The van der Waals surface area contributed by atoms with Crippen LogP contribution < -0.4 is 4.90 Å². The molecule has 0 radical (unpaired) electrons. The normalized spacial score (nSPS) is 24.0. The Hall–Kier alpha value is -3.49. The smallest absolute Gasteiger partial charge is 0.296 e. The number of rotatable bonds is 6. The van der Waals surface area contributed by atoms with Gasteiger partial charge in [-0.05, 0) is 12.5 Å². The molecular weight excluding hydrogens is 446 g/mol. The van der Waals surface area contributed by atoms with E-state index in [4.69, 9.17) is 4.74 Å². The van der Waals surface area contributed by atoms with Gasteiger partial charge in [0.1, 0.15) is 5.76 Å². The lowest BCUT2D eigenvalue weighted by molar-refractivity contribution is -0.144. The molecule has 8 nitrogen and oxygen atoms in total. The molecule has 3 aliphatic heterocycles. The molecule has 1 atom stereocenters. The number of likely N-dealkylation sites (tertiary alicyclic amines) is 1. The zero-order chi connectivity index (χ0) is 24.6. The van der Waals surface area contributed by atoms with Crippen molar-refractivity contribution in [3.8, 4) is 0 Å². The highest BCUT2D eigenvalue weighted by Crippen LogP contribution is 2.53. The minimum Gasteiger partial charge on any atom is -0.507 e. The van der Waals surface area contributed by atoms with Crippen LogP contribution in [0.2, 0.25) is 0 Å². The minimum atomic E-state index is -1.70. The van der Waals surface area contributed by atoms with Crippen LogP contribution in [-0.2, 0) is 24.7 Å². The third-order valence-electron chi connectivity index (χ3n) is 7.05. The number of carbonyl (C=O) groups is 3. The Bertz CT molecular complexity index is 1190. The number of para-hydroxylation sites is 1. The average molecular weight is 476 g/mol. The Balaban J connectivity index is 1.70. The maximum atomic E-state index is 14.3. The van der Waals surface area contributed by atoms with Gasteiger partial charge in [-0.3, -0.25) is 19.3 Å². The largest absolute Gasteiger partial charge is 0.507 e. The Morgan fingerprint density at radius 1 is 0.943 bits per heavy atom. The second-order valence-corrected chi connectivity index (χ2v) is 9.01. The standard InChI is InChI=1S/C27H29N3O5/c1-2-12-29-21-11-7-6-10-20(21)27(26(29)34)22(23(31)19-8-4-3-5-9-19)24(32)25(33)30(27)14-13-28-15-17-35-18-16-28/h3-11,31H,2,12-18H2,1H3/t27-/m1/s1. The predicted molar refractivity (Wildman–Crippen MR) is 131 cm³/mol. The molecule has 0 aromatic heterocycles. The molecule has 1 spiro atoms. The van der Waals surface area contributed by atoms with E-state index in [1.807, 2.05) is 19.1 Å². The Morgan fingerprint density at radius 2 is 1.63 bits per heavy atom. The molecule has 35 heavy (non-hydrogen) atoms. The molecule has 1 N–H and O–H groups in total. The maximum Gasteiger partial charge on any atom is 0.296 e. The Morgan fingerprint density at radius 3 is 2.34 bits per heavy atom. The van der Waals surface area contributed by atoms with Crippen LogP contribution >= 0.6 is 0 Å². The topological polar surface area (TPSA) is 90.4 Å². The summed E-state index contributed by atoms with van der Waals surface area (Å²) in [7, 11) is 0. The number of amides is 2. The molecule has 0 unspecified atom stereocenters. The molecule has 2 amide bonds. The summed E-state index contributed by atoms with van der Waals surface area (Å²) in [6, 6.07) is 15.9. The summed E-state index contributed by atoms with van der Waals surface area (Å²) < 4.78 is 5.43. The van der Waals surface area contributed by atoms with Gasteiger partial charge in [0, 0.05) is 43.9 Å². The molecule has 182 valence electrons. The number of morpholine rings is 1. The number of ether oxygens (including phenoxy) is 1. The van der Waals surface area contributed by atoms with E-state index < -0.39 is 17.2 Å². The number of Topliss-reactive ketones (excluding diaryl/α,β-unsaturated/α-hetero) is 1. The van der Waals surface area contributed by atoms with Gasteiger partial charge in [-0.1, -0.05) is 55.5 Å². The van der Waals surface area contributed by atoms with Gasteiger partial charge < -0.3 is 19.6 Å². The van der Waals surface area contributed by atoms with Crippen LogP contribution in [-0.4, -0.2) is 78.4 Å². The van der Waals surface area contributed by atoms with E-state index in [1.54, 1.807) is 47.4 Å². The van der Waals surface area contributed by atoms with E-state index in [0.29, 0.717) is 62.6 Å². The highest BCUT2D eigenvalue weighted by atomic mass is 16.5. The summed E-state index contributed by atoms with van der Waals surface area (Å²) in [4.78, 5) is 46.5. The second-order valence-electron chi connectivity index (χ2n) is 9.01. The molecule has 2 aromatic carbocycles. The van der Waals surface area contributed by atoms with Crippen molar-refractivity contribution in [1.29, 1.82) is 0 Å².